The van der Waals surface area contributed by atoms with Crippen LogP contribution in [0.4, 0.5) is 0 Å². The van der Waals surface area contributed by atoms with Gasteiger partial charge in [-0.3, -0.25) is 4.90 Å². The molecule has 0 aliphatic carbocycles. The molecule has 0 N–H and O–H groups in total. The summed E-state index contributed by atoms with van der Waals surface area (Å²) in [4.78, 5) is 2.30. The van der Waals surface area contributed by atoms with E-state index < -0.39 is 0 Å². The number of hydrogen-bond acceptors (Lipinski definition) is 4. The molecule has 2 atom stereocenters. The predicted octanol–water partition coefficient (Wildman–Crippen LogP) is 3.15. The molecule has 0 saturated heterocycles. The molecule has 0 saturated carbocycles. The van der Waals surface area contributed by atoms with Gasteiger partial charge in [0.15, 0.2) is 9.76 Å². The monoisotopic (exact) mass is 319 g/mol. The molecule has 0 aliphatic heterocycles. The summed E-state index contributed by atoms with van der Waals surface area (Å²) in [5.41, 5.74) is 0. The second-order valence-corrected chi connectivity index (χ2v) is 6.81. The second kappa shape index (κ2) is 13.7. The maximum atomic E-state index is 6.00. The highest BCUT2D eigenvalue weighted by Gasteiger charge is 2.20. The number of nitrogens with zero attached hydrogens (tertiary/aromatic N) is 1. The SMILES string of the molecule is CCOC(C)N(CCC[SiH2]OC(CC)CC)C(C)OCC. The minimum atomic E-state index is -0.382. The highest BCUT2D eigenvalue weighted by Crippen LogP contribution is 2.11. The number of hydrogen-bond donors (Lipinski definition) is 0. The summed E-state index contributed by atoms with van der Waals surface area (Å²) in [7, 11) is -0.382. The average molecular weight is 320 g/mol. The molecule has 0 aromatic rings. The number of ether oxygens (including phenoxy) is 2. The van der Waals surface area contributed by atoms with Crippen LogP contribution in [-0.2, 0) is 13.9 Å². The summed E-state index contributed by atoms with van der Waals surface area (Å²) >= 11 is 0. The lowest BCUT2D eigenvalue weighted by molar-refractivity contribution is -0.136. The van der Waals surface area contributed by atoms with Crippen LogP contribution in [0.25, 0.3) is 0 Å². The molecular weight excluding hydrogens is 282 g/mol. The summed E-state index contributed by atoms with van der Waals surface area (Å²) in [6, 6.07) is 1.23. The van der Waals surface area contributed by atoms with Crippen molar-refractivity contribution in [3.8, 4) is 0 Å². The van der Waals surface area contributed by atoms with Gasteiger partial charge in [-0.25, -0.2) is 0 Å². The Hall–Kier alpha value is 0.0569. The van der Waals surface area contributed by atoms with Crippen molar-refractivity contribution in [3.05, 3.63) is 0 Å². The first-order valence-corrected chi connectivity index (χ1v) is 10.3. The summed E-state index contributed by atoms with van der Waals surface area (Å²) in [6.07, 6.45) is 4.14. The largest absolute Gasteiger partial charge is 0.421 e. The highest BCUT2D eigenvalue weighted by molar-refractivity contribution is 6.27. The summed E-state index contributed by atoms with van der Waals surface area (Å²) < 4.78 is 17.5. The van der Waals surface area contributed by atoms with Gasteiger partial charge in [0, 0.05) is 25.9 Å². The summed E-state index contributed by atoms with van der Waals surface area (Å²) in [6.45, 7) is 15.2. The lowest BCUT2D eigenvalue weighted by atomic mass is 10.2. The molecular formula is C16H37NO3Si. The minimum absolute atomic E-state index is 0.109. The van der Waals surface area contributed by atoms with E-state index in [0.717, 1.165) is 32.6 Å². The van der Waals surface area contributed by atoms with E-state index in [-0.39, 0.29) is 22.2 Å². The summed E-state index contributed by atoms with van der Waals surface area (Å²) in [5, 5.41) is 0. The molecule has 0 aromatic carbocycles. The maximum absolute atomic E-state index is 6.00. The summed E-state index contributed by atoms with van der Waals surface area (Å²) in [5.74, 6) is 0. The van der Waals surface area contributed by atoms with Crippen molar-refractivity contribution in [2.24, 2.45) is 0 Å². The third kappa shape index (κ3) is 9.63. The van der Waals surface area contributed by atoms with Crippen LogP contribution >= 0.6 is 0 Å². The van der Waals surface area contributed by atoms with E-state index in [4.69, 9.17) is 13.9 Å². The van der Waals surface area contributed by atoms with E-state index in [0.29, 0.717) is 6.10 Å². The molecule has 0 aromatic heterocycles. The fourth-order valence-electron chi connectivity index (χ4n) is 2.50. The van der Waals surface area contributed by atoms with Crippen molar-refractivity contribution >= 4 is 9.76 Å². The Kier molecular flexibility index (Phi) is 13.7. The van der Waals surface area contributed by atoms with Gasteiger partial charge >= 0.3 is 0 Å². The van der Waals surface area contributed by atoms with Gasteiger partial charge in [0.1, 0.15) is 12.5 Å². The molecule has 0 bridgehead atoms. The normalized spacial score (nSPS) is 15.4. The molecule has 4 nitrogen and oxygen atoms in total. The zero-order valence-corrected chi connectivity index (χ0v) is 16.5. The predicted molar refractivity (Wildman–Crippen MR) is 92.3 cm³/mol. The van der Waals surface area contributed by atoms with Gasteiger partial charge in [0.05, 0.1) is 0 Å². The lowest BCUT2D eigenvalue weighted by Gasteiger charge is -2.33. The van der Waals surface area contributed by atoms with Crippen LogP contribution < -0.4 is 0 Å². The Morgan fingerprint density at radius 3 is 1.86 bits per heavy atom. The van der Waals surface area contributed by atoms with E-state index in [2.05, 4.69) is 32.6 Å². The molecule has 0 heterocycles. The van der Waals surface area contributed by atoms with Gasteiger partial charge in [0.2, 0.25) is 0 Å². The first-order valence-electron chi connectivity index (χ1n) is 8.71. The zero-order valence-electron chi connectivity index (χ0n) is 15.1. The second-order valence-electron chi connectivity index (χ2n) is 5.36. The third-order valence-electron chi connectivity index (χ3n) is 3.82. The third-order valence-corrected chi connectivity index (χ3v) is 5.32. The minimum Gasteiger partial charge on any atom is -0.421 e. The van der Waals surface area contributed by atoms with E-state index in [1.807, 2.05) is 13.8 Å². The van der Waals surface area contributed by atoms with Crippen molar-refractivity contribution in [3.63, 3.8) is 0 Å². The van der Waals surface area contributed by atoms with Crippen LogP contribution in [-0.4, -0.2) is 53.0 Å². The van der Waals surface area contributed by atoms with Crippen LogP contribution in [0, 0.1) is 0 Å². The van der Waals surface area contributed by atoms with Crippen LogP contribution in [0.1, 0.15) is 60.8 Å². The molecule has 0 amide bonds. The van der Waals surface area contributed by atoms with E-state index in [9.17, 15) is 0 Å². The van der Waals surface area contributed by atoms with Crippen LogP contribution in [0.3, 0.4) is 0 Å². The molecule has 21 heavy (non-hydrogen) atoms. The number of rotatable bonds is 14. The molecule has 5 heteroatoms. The molecule has 0 radical (unpaired) electrons. The van der Waals surface area contributed by atoms with E-state index >= 15 is 0 Å². The molecule has 0 aliphatic rings. The quantitative estimate of drug-likeness (QED) is 0.280. The van der Waals surface area contributed by atoms with Gasteiger partial charge in [-0.1, -0.05) is 13.8 Å². The fourth-order valence-corrected chi connectivity index (χ4v) is 3.90. The fraction of sp³-hybridized carbons (Fsp3) is 1.00. The Balaban J connectivity index is 4.05. The molecule has 0 spiro atoms. The highest BCUT2D eigenvalue weighted by atomic mass is 28.2. The van der Waals surface area contributed by atoms with Crippen molar-refractivity contribution < 1.29 is 13.9 Å². The van der Waals surface area contributed by atoms with E-state index in [1.54, 1.807) is 0 Å². The molecule has 0 rings (SSSR count). The van der Waals surface area contributed by atoms with Crippen LogP contribution in [0.2, 0.25) is 6.04 Å². The Morgan fingerprint density at radius 2 is 1.43 bits per heavy atom. The average Bonchev–Trinajstić information content (AvgIpc) is 2.47. The van der Waals surface area contributed by atoms with Crippen LogP contribution in [0.15, 0.2) is 0 Å². The van der Waals surface area contributed by atoms with Gasteiger partial charge in [-0.15, -0.1) is 0 Å². The topological polar surface area (TPSA) is 30.9 Å². The van der Waals surface area contributed by atoms with E-state index in [1.165, 1.54) is 12.5 Å². The molecule has 0 fully saturated rings. The van der Waals surface area contributed by atoms with Crippen molar-refractivity contribution in [2.45, 2.75) is 85.4 Å². The Labute approximate surface area is 134 Å². The van der Waals surface area contributed by atoms with Crippen molar-refractivity contribution in [2.75, 3.05) is 19.8 Å². The van der Waals surface area contributed by atoms with Crippen molar-refractivity contribution in [1.29, 1.82) is 0 Å². The van der Waals surface area contributed by atoms with Gasteiger partial charge in [-0.05, 0) is 53.0 Å². The molecule has 128 valence electrons. The molecule has 2 unspecified atom stereocenters. The Morgan fingerprint density at radius 1 is 0.905 bits per heavy atom. The first-order chi connectivity index (χ1) is 10.1. The first kappa shape index (κ1) is 21.1. The lowest BCUT2D eigenvalue weighted by Crippen LogP contribution is -2.43. The van der Waals surface area contributed by atoms with Crippen molar-refractivity contribution in [1.82, 2.24) is 4.90 Å². The standard InChI is InChI=1S/C16H37NO3Si/c1-7-16(8-2)20-21-13-11-12-17(14(5)18-9-3)15(6)19-10-4/h14-16H,7-13,21H2,1-6H3. The van der Waals surface area contributed by atoms with Gasteiger partial charge < -0.3 is 13.9 Å². The maximum Gasteiger partial charge on any atom is 0.162 e. The smallest absolute Gasteiger partial charge is 0.162 e. The Bertz CT molecular complexity index is 216. The van der Waals surface area contributed by atoms with Gasteiger partial charge in [0.25, 0.3) is 0 Å². The van der Waals surface area contributed by atoms with Gasteiger partial charge in [-0.2, -0.15) is 0 Å². The zero-order chi connectivity index (χ0) is 16.1. The van der Waals surface area contributed by atoms with Crippen LogP contribution in [0.5, 0.6) is 0 Å².